The Bertz CT molecular complexity index is 273. The van der Waals surface area contributed by atoms with E-state index in [0.717, 1.165) is 0 Å². The highest BCUT2D eigenvalue weighted by atomic mass is 14.1. The van der Waals surface area contributed by atoms with E-state index < -0.39 is 0 Å². The first-order chi connectivity index (χ1) is 6.27. The summed E-state index contributed by atoms with van der Waals surface area (Å²) in [5.41, 5.74) is 2.73. The van der Waals surface area contributed by atoms with E-state index in [-0.39, 0.29) is 0 Å². The number of hydrogen-bond acceptors (Lipinski definition) is 0. The molecule has 70 valence electrons. The Morgan fingerprint density at radius 2 is 2.23 bits per heavy atom. The summed E-state index contributed by atoms with van der Waals surface area (Å²) in [6.07, 6.45) is 4.47. The van der Waals surface area contributed by atoms with E-state index >= 15 is 0 Å². The van der Waals surface area contributed by atoms with E-state index in [2.05, 4.69) is 50.8 Å². The first kappa shape index (κ1) is 10.0. The van der Waals surface area contributed by atoms with Gasteiger partial charge in [-0.3, -0.25) is 0 Å². The van der Waals surface area contributed by atoms with Crippen LogP contribution in [0.25, 0.3) is 0 Å². The van der Waals surface area contributed by atoms with Gasteiger partial charge >= 0.3 is 0 Å². The maximum absolute atomic E-state index is 3.89. The number of hydrogen-bond donors (Lipinski definition) is 0. The predicted molar refractivity (Wildman–Crippen MR) is 59.0 cm³/mol. The van der Waals surface area contributed by atoms with Gasteiger partial charge in [0.05, 0.1) is 0 Å². The fourth-order valence-electron chi connectivity index (χ4n) is 1.63. The second kappa shape index (κ2) is 4.86. The molecule has 0 N–H and O–H groups in total. The van der Waals surface area contributed by atoms with Crippen LogP contribution in [0.15, 0.2) is 36.9 Å². The average Bonchev–Trinajstić information content (AvgIpc) is 2.14. The Kier molecular flexibility index (Phi) is 3.75. The van der Waals surface area contributed by atoms with Crippen LogP contribution in [-0.4, -0.2) is 0 Å². The molecule has 0 bridgehead atoms. The molecule has 0 amide bonds. The van der Waals surface area contributed by atoms with Crippen LogP contribution in [0.2, 0.25) is 0 Å². The molecule has 0 saturated heterocycles. The summed E-state index contributed by atoms with van der Waals surface area (Å²) >= 11 is 0. The van der Waals surface area contributed by atoms with Crippen molar-refractivity contribution < 1.29 is 0 Å². The van der Waals surface area contributed by atoms with E-state index in [1.807, 2.05) is 0 Å². The molecule has 0 nitrogen and oxygen atoms in total. The molecule has 1 unspecified atom stereocenters. The smallest absolute Gasteiger partial charge is 0.00152 e. The van der Waals surface area contributed by atoms with E-state index in [9.17, 15) is 0 Å². The van der Waals surface area contributed by atoms with Crippen molar-refractivity contribution in [3.8, 4) is 0 Å². The summed E-state index contributed by atoms with van der Waals surface area (Å²) in [6.45, 7) is 8.23. The molecule has 0 aromatic heterocycles. The fraction of sp³-hybridized carbons (Fsp3) is 0.385. The maximum Gasteiger partial charge on any atom is 0.00152 e. The van der Waals surface area contributed by atoms with Gasteiger partial charge < -0.3 is 0 Å². The lowest BCUT2D eigenvalue weighted by molar-refractivity contribution is 0.718. The van der Waals surface area contributed by atoms with Gasteiger partial charge in [-0.25, -0.2) is 0 Å². The first-order valence-electron chi connectivity index (χ1n) is 4.97. The molecule has 1 aromatic rings. The van der Waals surface area contributed by atoms with Crippen LogP contribution in [0, 0.1) is 6.92 Å². The van der Waals surface area contributed by atoms with Gasteiger partial charge in [0, 0.05) is 5.92 Å². The Morgan fingerprint density at radius 3 is 2.77 bits per heavy atom. The van der Waals surface area contributed by atoms with Gasteiger partial charge in [0.1, 0.15) is 0 Å². The van der Waals surface area contributed by atoms with Crippen LogP contribution in [-0.2, 0) is 0 Å². The zero-order chi connectivity index (χ0) is 9.68. The highest BCUT2D eigenvalue weighted by Crippen LogP contribution is 2.22. The molecule has 0 saturated carbocycles. The monoisotopic (exact) mass is 174 g/mol. The van der Waals surface area contributed by atoms with Crippen LogP contribution in [0.4, 0.5) is 0 Å². The van der Waals surface area contributed by atoms with Crippen molar-refractivity contribution in [3.63, 3.8) is 0 Å². The molecule has 0 radical (unpaired) electrons. The van der Waals surface area contributed by atoms with Crippen LogP contribution >= 0.6 is 0 Å². The van der Waals surface area contributed by atoms with Crippen LogP contribution in [0.1, 0.15) is 36.8 Å². The third-order valence-electron chi connectivity index (χ3n) is 2.35. The highest BCUT2D eigenvalue weighted by molar-refractivity contribution is 5.27. The summed E-state index contributed by atoms with van der Waals surface area (Å²) in [4.78, 5) is 0. The number of aryl methyl sites for hydroxylation is 1. The zero-order valence-electron chi connectivity index (χ0n) is 8.59. The molecule has 0 fully saturated rings. The molecule has 0 aliphatic rings. The van der Waals surface area contributed by atoms with E-state index in [1.54, 1.807) is 0 Å². The van der Waals surface area contributed by atoms with Crippen molar-refractivity contribution in [1.82, 2.24) is 0 Å². The molecule has 0 aliphatic heterocycles. The minimum atomic E-state index is 0.532. The van der Waals surface area contributed by atoms with Gasteiger partial charge in [0.15, 0.2) is 0 Å². The lowest BCUT2D eigenvalue weighted by Gasteiger charge is -2.11. The number of allylic oxidation sites excluding steroid dienone is 1. The Hall–Kier alpha value is -1.04. The lowest BCUT2D eigenvalue weighted by atomic mass is 9.94. The third kappa shape index (κ3) is 2.73. The van der Waals surface area contributed by atoms with Gasteiger partial charge in [0.2, 0.25) is 0 Å². The summed E-state index contributed by atoms with van der Waals surface area (Å²) in [7, 11) is 0. The van der Waals surface area contributed by atoms with Crippen LogP contribution in [0.3, 0.4) is 0 Å². The predicted octanol–water partition coefficient (Wildman–Crippen LogP) is 4.06. The van der Waals surface area contributed by atoms with Crippen LogP contribution in [0.5, 0.6) is 0 Å². The fourth-order valence-corrected chi connectivity index (χ4v) is 1.63. The lowest BCUT2D eigenvalue weighted by Crippen LogP contribution is -1.94. The van der Waals surface area contributed by atoms with Crippen molar-refractivity contribution in [2.45, 2.75) is 32.6 Å². The standard InChI is InChI=1S/C13H18/c1-4-7-12(5-2)13-9-6-8-11(3)10-13/h5-6,8-10,12H,2,4,7H2,1,3H3. The van der Waals surface area contributed by atoms with Gasteiger partial charge in [-0.15, -0.1) is 6.58 Å². The van der Waals surface area contributed by atoms with Gasteiger partial charge in [-0.2, -0.15) is 0 Å². The van der Waals surface area contributed by atoms with E-state index in [1.165, 1.54) is 24.0 Å². The van der Waals surface area contributed by atoms with Crippen molar-refractivity contribution in [2.75, 3.05) is 0 Å². The van der Waals surface area contributed by atoms with Crippen molar-refractivity contribution in [1.29, 1.82) is 0 Å². The van der Waals surface area contributed by atoms with Crippen LogP contribution < -0.4 is 0 Å². The summed E-state index contributed by atoms with van der Waals surface area (Å²) in [5, 5.41) is 0. The van der Waals surface area contributed by atoms with E-state index in [4.69, 9.17) is 0 Å². The minimum absolute atomic E-state index is 0.532. The molecule has 0 spiro atoms. The first-order valence-corrected chi connectivity index (χ1v) is 4.97. The third-order valence-corrected chi connectivity index (χ3v) is 2.35. The molecule has 1 atom stereocenters. The van der Waals surface area contributed by atoms with Gasteiger partial charge in [-0.05, 0) is 18.9 Å². The SMILES string of the molecule is C=CC(CCC)c1cccc(C)c1. The van der Waals surface area contributed by atoms with E-state index in [0.29, 0.717) is 5.92 Å². The molecule has 0 heteroatoms. The Morgan fingerprint density at radius 1 is 1.46 bits per heavy atom. The highest BCUT2D eigenvalue weighted by Gasteiger charge is 2.05. The Labute approximate surface area is 81.3 Å². The zero-order valence-corrected chi connectivity index (χ0v) is 8.59. The summed E-state index contributed by atoms with van der Waals surface area (Å²) in [6, 6.07) is 8.70. The normalized spacial score (nSPS) is 12.5. The van der Waals surface area contributed by atoms with Crippen molar-refractivity contribution in [3.05, 3.63) is 48.0 Å². The topological polar surface area (TPSA) is 0 Å². The molecule has 1 aromatic carbocycles. The largest absolute Gasteiger partial charge is 0.102 e. The van der Waals surface area contributed by atoms with Gasteiger partial charge in [0.25, 0.3) is 0 Å². The molecule has 13 heavy (non-hydrogen) atoms. The molecular formula is C13H18. The minimum Gasteiger partial charge on any atom is -0.102 e. The molecule has 0 aliphatic carbocycles. The summed E-state index contributed by atoms with van der Waals surface area (Å²) < 4.78 is 0. The Balaban J connectivity index is 2.84. The van der Waals surface area contributed by atoms with Gasteiger partial charge in [-0.1, -0.05) is 49.2 Å². The second-order valence-corrected chi connectivity index (χ2v) is 3.55. The maximum atomic E-state index is 3.89. The molecule has 1 rings (SSSR count). The molecular weight excluding hydrogens is 156 g/mol. The second-order valence-electron chi connectivity index (χ2n) is 3.55. The summed E-state index contributed by atoms with van der Waals surface area (Å²) in [5.74, 6) is 0.532. The number of benzene rings is 1. The average molecular weight is 174 g/mol. The number of rotatable bonds is 4. The van der Waals surface area contributed by atoms with Crippen molar-refractivity contribution in [2.24, 2.45) is 0 Å². The quantitative estimate of drug-likeness (QED) is 0.604. The van der Waals surface area contributed by atoms with Crippen molar-refractivity contribution >= 4 is 0 Å². The molecule has 0 heterocycles.